The van der Waals surface area contributed by atoms with Gasteiger partial charge in [0, 0.05) is 35.2 Å². The summed E-state index contributed by atoms with van der Waals surface area (Å²) in [6.45, 7) is 5.26. The Morgan fingerprint density at radius 3 is 2.37 bits per heavy atom. The second kappa shape index (κ2) is 6.88. The average molecular weight is 559 g/mol. The summed E-state index contributed by atoms with van der Waals surface area (Å²) in [7, 11) is -3.48. The van der Waals surface area contributed by atoms with Crippen molar-refractivity contribution in [1.82, 2.24) is 4.31 Å². The van der Waals surface area contributed by atoms with Gasteiger partial charge in [0.25, 0.3) is 0 Å². The highest BCUT2D eigenvalue weighted by atomic mass is 79.9. The number of sulfonamides is 1. The molecule has 0 amide bonds. The number of hydrogen-bond donors (Lipinski definition) is 0. The van der Waals surface area contributed by atoms with Crippen molar-refractivity contribution < 1.29 is 13.2 Å². The van der Waals surface area contributed by atoms with Crippen molar-refractivity contribution in [2.24, 2.45) is 16.7 Å². The smallest absolute Gasteiger partial charge is 0.215 e. The third-order valence-electron chi connectivity index (χ3n) is 9.16. The van der Waals surface area contributed by atoms with Crippen LogP contribution in [0.4, 0.5) is 0 Å². The number of carbonyl (C=O) groups excluding carboxylic acids is 1. The van der Waals surface area contributed by atoms with Crippen LogP contribution >= 0.6 is 31.9 Å². The third kappa shape index (κ3) is 2.70. The van der Waals surface area contributed by atoms with Crippen LogP contribution in [0.25, 0.3) is 0 Å². The molecule has 1 heterocycles. The lowest BCUT2D eigenvalue weighted by Gasteiger charge is -2.43. The molecule has 30 heavy (non-hydrogen) atoms. The highest BCUT2D eigenvalue weighted by Crippen LogP contribution is 2.64. The molecule has 1 aromatic carbocycles. The fraction of sp³-hybridized carbons (Fsp3) is 0.696. The Bertz CT molecular complexity index is 999. The number of benzene rings is 1. The predicted octanol–water partition coefficient (Wildman–Crippen LogP) is 4.96. The number of alkyl halides is 2. The van der Waals surface area contributed by atoms with Gasteiger partial charge in [0.2, 0.25) is 10.0 Å². The number of carbonyl (C=O) groups is 1. The van der Waals surface area contributed by atoms with Gasteiger partial charge >= 0.3 is 0 Å². The highest BCUT2D eigenvalue weighted by molar-refractivity contribution is 9.12. The molecule has 3 aliphatic carbocycles. The van der Waals surface area contributed by atoms with E-state index in [1.165, 1.54) is 11.1 Å². The summed E-state index contributed by atoms with van der Waals surface area (Å²) in [6, 6.07) is 8.52. The van der Waals surface area contributed by atoms with E-state index in [1.807, 2.05) is 0 Å². The molecule has 2 bridgehead atoms. The quantitative estimate of drug-likeness (QED) is 0.493. The molecular formula is C23H29Br2NO3S. The van der Waals surface area contributed by atoms with E-state index in [0.717, 1.165) is 25.7 Å². The number of fused-ring (bicyclic) bond motifs is 4. The van der Waals surface area contributed by atoms with E-state index >= 15 is 0 Å². The fourth-order valence-corrected chi connectivity index (χ4v) is 11.1. The minimum atomic E-state index is -3.48. The maximum atomic E-state index is 13.5. The Kier molecular flexibility index (Phi) is 4.95. The van der Waals surface area contributed by atoms with E-state index in [2.05, 4.69) is 70.0 Å². The van der Waals surface area contributed by atoms with Gasteiger partial charge in [-0.15, -0.1) is 0 Å². The van der Waals surface area contributed by atoms with Crippen LogP contribution in [0.2, 0.25) is 0 Å². The van der Waals surface area contributed by atoms with Crippen LogP contribution in [-0.2, 0) is 20.2 Å². The number of ketones is 1. The molecule has 2 saturated carbocycles. The van der Waals surface area contributed by atoms with Gasteiger partial charge in [0.15, 0.2) is 0 Å². The highest BCUT2D eigenvalue weighted by Gasteiger charge is 2.66. The Balaban J connectivity index is 1.38. The standard InChI is InChI=1S/C23H29Br2NO3S/c1-21(2)15-7-8-23(21,18(27)13-15)14-30(28,29)26-11-9-22(10-12-26)17-6-4-3-5-16(17)19(24)20(22)25/h3-6,15,19-20H,7-14H2,1-2H3/t15?,19?,20?,23-/m1/s1. The van der Waals surface area contributed by atoms with E-state index < -0.39 is 15.4 Å². The van der Waals surface area contributed by atoms with Gasteiger partial charge in [-0.3, -0.25) is 4.79 Å². The normalized spacial score (nSPS) is 37.1. The Morgan fingerprint density at radius 2 is 1.77 bits per heavy atom. The van der Waals surface area contributed by atoms with Crippen molar-refractivity contribution in [3.63, 3.8) is 0 Å². The average Bonchev–Trinajstić information content (AvgIpc) is 3.15. The summed E-state index contributed by atoms with van der Waals surface area (Å²) in [4.78, 5) is 13.3. The van der Waals surface area contributed by atoms with Crippen LogP contribution < -0.4 is 0 Å². The van der Waals surface area contributed by atoms with Gasteiger partial charge in [-0.2, -0.15) is 0 Å². The maximum absolute atomic E-state index is 13.5. The van der Waals surface area contributed by atoms with Crippen LogP contribution in [0.5, 0.6) is 0 Å². The first-order valence-corrected chi connectivity index (χ1v) is 14.4. The Hall–Kier alpha value is -0.240. The molecule has 7 heteroatoms. The first-order valence-electron chi connectivity index (χ1n) is 10.9. The number of halogens is 2. The summed E-state index contributed by atoms with van der Waals surface area (Å²) in [6.07, 6.45) is 3.86. The summed E-state index contributed by atoms with van der Waals surface area (Å²) in [5.74, 6) is 0.503. The molecule has 0 radical (unpaired) electrons. The number of piperidine rings is 1. The third-order valence-corrected chi connectivity index (χ3v) is 14.3. The topological polar surface area (TPSA) is 54.5 Å². The van der Waals surface area contributed by atoms with Gasteiger partial charge < -0.3 is 0 Å². The largest absolute Gasteiger partial charge is 0.299 e. The van der Waals surface area contributed by atoms with Crippen LogP contribution in [0.15, 0.2) is 24.3 Å². The summed E-state index contributed by atoms with van der Waals surface area (Å²) < 4.78 is 28.7. The van der Waals surface area contributed by atoms with E-state index in [4.69, 9.17) is 0 Å². The lowest BCUT2D eigenvalue weighted by atomic mass is 9.70. The second-order valence-corrected chi connectivity index (χ2v) is 14.3. The molecule has 0 aromatic heterocycles. The first kappa shape index (κ1) is 21.6. The van der Waals surface area contributed by atoms with Crippen LogP contribution in [0.3, 0.4) is 0 Å². The van der Waals surface area contributed by atoms with Gasteiger partial charge in [0.1, 0.15) is 5.78 Å². The van der Waals surface area contributed by atoms with Gasteiger partial charge in [-0.1, -0.05) is 70.0 Å². The molecule has 4 nitrogen and oxygen atoms in total. The van der Waals surface area contributed by atoms with E-state index in [-0.39, 0.29) is 32.0 Å². The molecule has 3 fully saturated rings. The number of hydrogen-bond acceptors (Lipinski definition) is 3. The zero-order chi connectivity index (χ0) is 21.5. The number of nitrogens with zero attached hydrogens (tertiary/aromatic N) is 1. The van der Waals surface area contributed by atoms with Crippen molar-refractivity contribution in [1.29, 1.82) is 0 Å². The number of rotatable bonds is 3. The van der Waals surface area contributed by atoms with Crippen molar-refractivity contribution in [3.8, 4) is 0 Å². The molecule has 1 spiro atoms. The molecule has 3 unspecified atom stereocenters. The Morgan fingerprint density at radius 1 is 1.10 bits per heavy atom. The molecule has 1 saturated heterocycles. The summed E-state index contributed by atoms with van der Waals surface area (Å²) in [5.41, 5.74) is 1.70. The molecule has 4 atom stereocenters. The van der Waals surface area contributed by atoms with Crippen molar-refractivity contribution in [2.45, 2.75) is 61.0 Å². The van der Waals surface area contributed by atoms with Crippen molar-refractivity contribution in [2.75, 3.05) is 18.8 Å². The van der Waals surface area contributed by atoms with E-state index in [1.54, 1.807) is 4.31 Å². The molecule has 1 aliphatic heterocycles. The summed E-state index contributed by atoms with van der Waals surface area (Å²) >= 11 is 7.78. The minimum absolute atomic E-state index is 0.00920. The fourth-order valence-electron chi connectivity index (χ4n) is 7.00. The monoisotopic (exact) mass is 557 g/mol. The van der Waals surface area contributed by atoms with Crippen LogP contribution in [0.1, 0.15) is 61.9 Å². The van der Waals surface area contributed by atoms with Crippen LogP contribution in [-0.4, -0.2) is 42.2 Å². The molecule has 164 valence electrons. The minimum Gasteiger partial charge on any atom is -0.299 e. The maximum Gasteiger partial charge on any atom is 0.215 e. The van der Waals surface area contributed by atoms with Crippen LogP contribution in [0, 0.1) is 16.7 Å². The van der Waals surface area contributed by atoms with Gasteiger partial charge in [-0.25, -0.2) is 12.7 Å². The lowest BCUT2D eigenvalue weighted by Crippen LogP contribution is -2.51. The van der Waals surface area contributed by atoms with Crippen molar-refractivity contribution in [3.05, 3.63) is 35.4 Å². The molecule has 5 rings (SSSR count). The zero-order valence-corrected chi connectivity index (χ0v) is 21.5. The molecule has 0 N–H and O–H groups in total. The zero-order valence-electron chi connectivity index (χ0n) is 17.5. The molecular weight excluding hydrogens is 530 g/mol. The molecule has 4 aliphatic rings. The Labute approximate surface area is 196 Å². The van der Waals surface area contributed by atoms with E-state index in [9.17, 15) is 13.2 Å². The van der Waals surface area contributed by atoms with Gasteiger partial charge in [-0.05, 0) is 48.1 Å². The molecule has 1 aromatic rings. The van der Waals surface area contributed by atoms with Gasteiger partial charge in [0.05, 0.1) is 10.6 Å². The van der Waals surface area contributed by atoms with E-state index in [0.29, 0.717) is 25.4 Å². The summed E-state index contributed by atoms with van der Waals surface area (Å²) in [5, 5.41) is 0. The number of Topliss-reactive ketones (excluding diaryl/α,β-unsaturated/α-hetero) is 1. The second-order valence-electron chi connectivity index (χ2n) is 10.4. The lowest BCUT2D eigenvalue weighted by molar-refractivity contribution is -0.128. The first-order chi connectivity index (χ1) is 14.1. The predicted molar refractivity (Wildman–Crippen MR) is 126 cm³/mol. The SMILES string of the molecule is CC1(C)C2CC[C@@]1(CS(=O)(=O)N1CCC3(CC1)c1ccccc1C(Br)C3Br)C(=O)C2. The van der Waals surface area contributed by atoms with Crippen molar-refractivity contribution >= 4 is 47.7 Å².